The molecule has 1 amide bonds. The first-order valence-corrected chi connectivity index (χ1v) is 6.62. The number of methoxy groups -OCH3 is 3. The Kier molecular flexibility index (Phi) is 5.05. The largest absolute Gasteiger partial charge is 0.493 e. The predicted molar refractivity (Wildman–Crippen MR) is 77.4 cm³/mol. The molecule has 6 heteroatoms. The molecule has 21 heavy (non-hydrogen) atoms. The molecule has 1 aromatic rings. The van der Waals surface area contributed by atoms with E-state index in [1.54, 1.807) is 39.5 Å². The third kappa shape index (κ3) is 3.46. The first-order valence-electron chi connectivity index (χ1n) is 6.62. The van der Waals surface area contributed by atoms with E-state index in [1.807, 2.05) is 0 Å². The van der Waals surface area contributed by atoms with E-state index in [0.29, 0.717) is 30.4 Å². The summed E-state index contributed by atoms with van der Waals surface area (Å²) in [5.74, 6) is 1.43. The van der Waals surface area contributed by atoms with E-state index >= 15 is 0 Å². The zero-order valence-corrected chi connectivity index (χ0v) is 12.4. The molecule has 6 nitrogen and oxygen atoms in total. The van der Waals surface area contributed by atoms with Crippen molar-refractivity contribution in [3.63, 3.8) is 0 Å². The van der Waals surface area contributed by atoms with Gasteiger partial charge >= 0.3 is 0 Å². The van der Waals surface area contributed by atoms with E-state index in [4.69, 9.17) is 19.0 Å². The van der Waals surface area contributed by atoms with E-state index in [1.165, 1.54) is 11.1 Å². The van der Waals surface area contributed by atoms with Gasteiger partial charge in [-0.1, -0.05) is 0 Å². The monoisotopic (exact) mass is 293 g/mol. The van der Waals surface area contributed by atoms with Crippen LogP contribution in [0.25, 0.3) is 6.08 Å². The van der Waals surface area contributed by atoms with Gasteiger partial charge < -0.3 is 14.2 Å². The second kappa shape index (κ2) is 6.99. The van der Waals surface area contributed by atoms with Gasteiger partial charge in [0.05, 0.1) is 34.5 Å². The summed E-state index contributed by atoms with van der Waals surface area (Å²) in [7, 11) is 4.64. The maximum Gasteiger partial charge on any atom is 0.270 e. The van der Waals surface area contributed by atoms with Crippen molar-refractivity contribution in [1.29, 1.82) is 0 Å². The van der Waals surface area contributed by atoms with Gasteiger partial charge in [0.1, 0.15) is 0 Å². The van der Waals surface area contributed by atoms with Gasteiger partial charge in [-0.05, 0) is 30.2 Å². The molecule has 0 atom stereocenters. The van der Waals surface area contributed by atoms with Gasteiger partial charge in [0.2, 0.25) is 5.75 Å². The van der Waals surface area contributed by atoms with Crippen molar-refractivity contribution in [1.82, 2.24) is 5.06 Å². The molecule has 0 saturated carbocycles. The molecule has 0 radical (unpaired) electrons. The van der Waals surface area contributed by atoms with Crippen LogP contribution in [0.5, 0.6) is 17.2 Å². The number of benzene rings is 1. The molecular weight excluding hydrogens is 274 g/mol. The SMILES string of the molecule is COc1cc(/C=C/C(=O)N2CCCO2)cc(OC)c1OC. The number of amides is 1. The molecule has 0 unspecified atom stereocenters. The number of nitrogens with zero attached hydrogens (tertiary/aromatic N) is 1. The summed E-state index contributed by atoms with van der Waals surface area (Å²) < 4.78 is 15.8. The molecule has 0 aliphatic carbocycles. The molecule has 0 spiro atoms. The van der Waals surface area contributed by atoms with E-state index in [9.17, 15) is 4.79 Å². The summed E-state index contributed by atoms with van der Waals surface area (Å²) in [4.78, 5) is 17.1. The van der Waals surface area contributed by atoms with Crippen LogP contribution in [0.1, 0.15) is 12.0 Å². The normalized spacial score (nSPS) is 14.5. The maximum absolute atomic E-state index is 11.9. The summed E-state index contributed by atoms with van der Waals surface area (Å²) in [5, 5.41) is 1.36. The molecule has 2 rings (SSSR count). The molecule has 1 aromatic carbocycles. The van der Waals surface area contributed by atoms with E-state index in [0.717, 1.165) is 12.0 Å². The Balaban J connectivity index is 2.21. The molecule has 114 valence electrons. The fourth-order valence-electron chi connectivity index (χ4n) is 2.07. The number of carbonyl (C=O) groups is 1. The average Bonchev–Trinajstić information content (AvgIpc) is 3.05. The molecule has 0 aromatic heterocycles. The van der Waals surface area contributed by atoms with Crippen LogP contribution in [0.4, 0.5) is 0 Å². The zero-order chi connectivity index (χ0) is 15.2. The summed E-state index contributed by atoms with van der Waals surface area (Å²) >= 11 is 0. The Morgan fingerprint density at radius 1 is 1.19 bits per heavy atom. The van der Waals surface area contributed by atoms with Crippen LogP contribution >= 0.6 is 0 Å². The van der Waals surface area contributed by atoms with Crippen LogP contribution in [0.3, 0.4) is 0 Å². The zero-order valence-electron chi connectivity index (χ0n) is 12.4. The van der Waals surface area contributed by atoms with Crippen LogP contribution in [0.2, 0.25) is 0 Å². The van der Waals surface area contributed by atoms with Crippen molar-refractivity contribution in [3.8, 4) is 17.2 Å². The highest BCUT2D eigenvalue weighted by Gasteiger charge is 2.17. The van der Waals surface area contributed by atoms with E-state index < -0.39 is 0 Å². The number of carbonyl (C=O) groups excluding carboxylic acids is 1. The van der Waals surface area contributed by atoms with Crippen molar-refractivity contribution in [3.05, 3.63) is 23.8 Å². The molecule has 1 heterocycles. The second-order valence-electron chi connectivity index (χ2n) is 4.42. The number of hydrogen-bond donors (Lipinski definition) is 0. The van der Waals surface area contributed by atoms with Gasteiger partial charge in [0, 0.05) is 6.08 Å². The summed E-state index contributed by atoms with van der Waals surface area (Å²) in [6, 6.07) is 3.55. The minimum atomic E-state index is -0.179. The van der Waals surface area contributed by atoms with Crippen molar-refractivity contribution >= 4 is 12.0 Å². The minimum absolute atomic E-state index is 0.179. The van der Waals surface area contributed by atoms with Crippen molar-refractivity contribution in [2.45, 2.75) is 6.42 Å². The molecule has 0 bridgehead atoms. The van der Waals surface area contributed by atoms with Gasteiger partial charge in [-0.25, -0.2) is 5.06 Å². The Morgan fingerprint density at radius 3 is 2.33 bits per heavy atom. The van der Waals surface area contributed by atoms with Gasteiger partial charge in [-0.15, -0.1) is 0 Å². The summed E-state index contributed by atoms with van der Waals surface area (Å²) in [6.45, 7) is 1.21. The maximum atomic E-state index is 11.9. The van der Waals surface area contributed by atoms with Gasteiger partial charge in [0.15, 0.2) is 11.5 Å². The topological polar surface area (TPSA) is 57.2 Å². The van der Waals surface area contributed by atoms with Crippen molar-refractivity contribution < 1.29 is 23.8 Å². The summed E-state index contributed by atoms with van der Waals surface area (Å²) in [5.41, 5.74) is 0.775. The average molecular weight is 293 g/mol. The van der Waals surface area contributed by atoms with E-state index in [2.05, 4.69) is 0 Å². The standard InChI is InChI=1S/C15H19NO5/c1-18-12-9-11(10-13(19-2)15(12)20-3)5-6-14(17)16-7-4-8-21-16/h5-6,9-10H,4,7-8H2,1-3H3/b6-5+. The van der Waals surface area contributed by atoms with Gasteiger partial charge in [-0.2, -0.15) is 0 Å². The van der Waals surface area contributed by atoms with Crippen molar-refractivity contribution in [2.24, 2.45) is 0 Å². The Labute approximate surface area is 123 Å². The number of hydrogen-bond acceptors (Lipinski definition) is 5. The Morgan fingerprint density at radius 2 is 1.86 bits per heavy atom. The molecule has 1 aliphatic heterocycles. The smallest absolute Gasteiger partial charge is 0.270 e. The fourth-order valence-corrected chi connectivity index (χ4v) is 2.07. The number of rotatable bonds is 5. The lowest BCUT2D eigenvalue weighted by molar-refractivity contribution is -0.162. The Bertz CT molecular complexity index is 510. The molecular formula is C15H19NO5. The third-order valence-corrected chi connectivity index (χ3v) is 3.10. The van der Waals surface area contributed by atoms with Crippen LogP contribution in [-0.2, 0) is 9.63 Å². The lowest BCUT2D eigenvalue weighted by Crippen LogP contribution is -2.24. The summed E-state index contributed by atoms with van der Waals surface area (Å²) in [6.07, 6.45) is 4.02. The first kappa shape index (κ1) is 15.2. The number of hydroxylamine groups is 2. The fraction of sp³-hybridized carbons (Fsp3) is 0.400. The first-order chi connectivity index (χ1) is 10.2. The van der Waals surface area contributed by atoms with Crippen LogP contribution < -0.4 is 14.2 Å². The highest BCUT2D eigenvalue weighted by molar-refractivity contribution is 5.91. The lowest BCUT2D eigenvalue weighted by atomic mass is 10.1. The van der Waals surface area contributed by atoms with Crippen LogP contribution in [-0.4, -0.2) is 45.5 Å². The molecule has 1 aliphatic rings. The molecule has 1 fully saturated rings. The number of ether oxygens (including phenoxy) is 3. The minimum Gasteiger partial charge on any atom is -0.493 e. The highest BCUT2D eigenvalue weighted by atomic mass is 16.7. The molecule has 1 saturated heterocycles. The quantitative estimate of drug-likeness (QED) is 0.776. The third-order valence-electron chi connectivity index (χ3n) is 3.10. The van der Waals surface area contributed by atoms with Crippen LogP contribution in [0, 0.1) is 0 Å². The van der Waals surface area contributed by atoms with Crippen molar-refractivity contribution in [2.75, 3.05) is 34.5 Å². The van der Waals surface area contributed by atoms with Gasteiger partial charge in [0.25, 0.3) is 5.91 Å². The second-order valence-corrected chi connectivity index (χ2v) is 4.42. The van der Waals surface area contributed by atoms with Crippen LogP contribution in [0.15, 0.2) is 18.2 Å². The van der Waals surface area contributed by atoms with Gasteiger partial charge in [-0.3, -0.25) is 9.63 Å². The van der Waals surface area contributed by atoms with E-state index in [-0.39, 0.29) is 5.91 Å². The lowest BCUT2D eigenvalue weighted by Gasteiger charge is -2.13. The predicted octanol–water partition coefficient (Wildman–Crippen LogP) is 1.89. The highest BCUT2D eigenvalue weighted by Crippen LogP contribution is 2.38. The molecule has 0 N–H and O–H groups in total. The Hall–Kier alpha value is -2.21.